The summed E-state index contributed by atoms with van der Waals surface area (Å²) in [5.41, 5.74) is 3.14. The number of aromatic carboxylic acids is 1. The molecule has 0 spiro atoms. The van der Waals surface area contributed by atoms with Crippen LogP contribution in [-0.4, -0.2) is 20.9 Å². The van der Waals surface area contributed by atoms with Crippen molar-refractivity contribution < 1.29 is 9.90 Å². The highest BCUT2D eigenvalue weighted by Gasteiger charge is 2.23. The molecule has 0 bridgehead atoms. The maximum atomic E-state index is 11.9. The minimum absolute atomic E-state index is 0.250. The molecule has 1 heterocycles. The van der Waals surface area contributed by atoms with E-state index in [4.69, 9.17) is 23.2 Å². The van der Waals surface area contributed by atoms with Gasteiger partial charge in [0.2, 0.25) is 0 Å². The maximum absolute atomic E-state index is 11.9. The fourth-order valence-corrected chi connectivity index (χ4v) is 3.37. The zero-order valence-corrected chi connectivity index (χ0v) is 15.8. The van der Waals surface area contributed by atoms with Gasteiger partial charge in [-0.2, -0.15) is 5.10 Å². The Balaban J connectivity index is 2.06. The van der Waals surface area contributed by atoms with E-state index in [1.54, 1.807) is 22.9 Å². The smallest absolute Gasteiger partial charge is 0.339 e. The van der Waals surface area contributed by atoms with Gasteiger partial charge in [0, 0.05) is 5.02 Å². The first-order chi connectivity index (χ1) is 12.5. The van der Waals surface area contributed by atoms with Gasteiger partial charge in [0.15, 0.2) is 0 Å². The summed E-state index contributed by atoms with van der Waals surface area (Å²) in [7, 11) is 0. The number of carboxylic acids is 1. The van der Waals surface area contributed by atoms with Gasteiger partial charge < -0.3 is 5.11 Å². The topological polar surface area (TPSA) is 55.1 Å². The second-order valence-electron chi connectivity index (χ2n) is 5.92. The monoisotopic (exact) mass is 388 g/mol. The van der Waals surface area contributed by atoms with Crippen LogP contribution < -0.4 is 0 Å². The van der Waals surface area contributed by atoms with Crippen molar-refractivity contribution in [2.45, 2.75) is 26.2 Å². The van der Waals surface area contributed by atoms with Gasteiger partial charge >= 0.3 is 5.97 Å². The number of rotatable bonds is 6. The molecule has 0 aliphatic rings. The Bertz CT molecular complexity index is 936. The molecule has 3 rings (SSSR count). The highest BCUT2D eigenvalue weighted by atomic mass is 35.5. The molecule has 0 unspecified atom stereocenters. The summed E-state index contributed by atoms with van der Waals surface area (Å²) in [5, 5.41) is 15.3. The average Bonchev–Trinajstić information content (AvgIpc) is 3.01. The molecular formula is C20H18Cl2N2O2. The van der Waals surface area contributed by atoms with E-state index in [0.29, 0.717) is 46.4 Å². The molecule has 1 aromatic heterocycles. The Labute approximate surface area is 162 Å². The van der Waals surface area contributed by atoms with Gasteiger partial charge in [-0.1, -0.05) is 60.5 Å². The Morgan fingerprint density at radius 2 is 1.85 bits per heavy atom. The highest BCUT2D eigenvalue weighted by molar-refractivity contribution is 6.34. The number of carboxylic acid groups (broad SMARTS) is 1. The summed E-state index contributed by atoms with van der Waals surface area (Å²) in [6.45, 7) is 1.90. The van der Waals surface area contributed by atoms with Crippen LogP contribution in [0.4, 0.5) is 0 Å². The minimum Gasteiger partial charge on any atom is -0.478 e. The van der Waals surface area contributed by atoms with Crippen molar-refractivity contribution >= 4 is 29.2 Å². The lowest BCUT2D eigenvalue weighted by Crippen LogP contribution is -2.06. The fraction of sp³-hybridized carbons (Fsp3) is 0.200. The molecule has 26 heavy (non-hydrogen) atoms. The first kappa shape index (κ1) is 18.5. The predicted molar refractivity (Wildman–Crippen MR) is 104 cm³/mol. The second kappa shape index (κ2) is 7.94. The van der Waals surface area contributed by atoms with Gasteiger partial charge in [-0.15, -0.1) is 0 Å². The van der Waals surface area contributed by atoms with Gasteiger partial charge in [0.05, 0.1) is 22.1 Å². The average molecular weight is 389 g/mol. The van der Waals surface area contributed by atoms with Gasteiger partial charge in [-0.3, -0.25) is 0 Å². The summed E-state index contributed by atoms with van der Waals surface area (Å²) >= 11 is 12.4. The van der Waals surface area contributed by atoms with Crippen LogP contribution >= 0.6 is 23.2 Å². The molecule has 0 amide bonds. The Hall–Kier alpha value is -2.30. The predicted octanol–water partition coefficient (Wildman–Crippen LogP) is 5.22. The third kappa shape index (κ3) is 3.76. The summed E-state index contributed by atoms with van der Waals surface area (Å²) in [4.78, 5) is 11.9. The number of hydrogen-bond donors (Lipinski definition) is 1. The van der Waals surface area contributed by atoms with Crippen molar-refractivity contribution in [1.82, 2.24) is 9.78 Å². The molecule has 1 N–H and O–H groups in total. The van der Waals surface area contributed by atoms with Crippen molar-refractivity contribution in [2.24, 2.45) is 0 Å². The number of aryl methyl sites for hydroxylation is 2. The van der Waals surface area contributed by atoms with E-state index in [2.05, 4.69) is 5.10 Å². The Morgan fingerprint density at radius 3 is 2.50 bits per heavy atom. The summed E-state index contributed by atoms with van der Waals surface area (Å²) in [5.74, 6) is -0.977. The van der Waals surface area contributed by atoms with Crippen LogP contribution in [0.25, 0.3) is 5.69 Å². The van der Waals surface area contributed by atoms with Crippen LogP contribution in [0.1, 0.15) is 34.2 Å². The van der Waals surface area contributed by atoms with Crippen molar-refractivity contribution in [3.63, 3.8) is 0 Å². The lowest BCUT2D eigenvalue weighted by molar-refractivity contribution is 0.0694. The van der Waals surface area contributed by atoms with Crippen LogP contribution in [0.5, 0.6) is 0 Å². The normalized spacial score (nSPS) is 10.9. The minimum atomic E-state index is -0.977. The molecule has 2 aromatic carbocycles. The second-order valence-corrected chi connectivity index (χ2v) is 6.76. The molecule has 0 radical (unpaired) electrons. The quantitative estimate of drug-likeness (QED) is 0.629. The molecule has 4 nitrogen and oxygen atoms in total. The van der Waals surface area contributed by atoms with E-state index in [1.807, 2.05) is 37.3 Å². The maximum Gasteiger partial charge on any atom is 0.339 e. The van der Waals surface area contributed by atoms with E-state index in [0.717, 1.165) is 5.56 Å². The first-order valence-corrected chi connectivity index (χ1v) is 9.10. The van der Waals surface area contributed by atoms with E-state index >= 15 is 0 Å². The Morgan fingerprint density at radius 1 is 1.12 bits per heavy atom. The molecule has 0 atom stereocenters. The van der Waals surface area contributed by atoms with Crippen molar-refractivity contribution in [2.75, 3.05) is 0 Å². The van der Waals surface area contributed by atoms with Gasteiger partial charge in [0.1, 0.15) is 5.56 Å². The van der Waals surface area contributed by atoms with Gasteiger partial charge in [0.25, 0.3) is 0 Å². The van der Waals surface area contributed by atoms with Crippen molar-refractivity contribution in [3.05, 3.63) is 81.1 Å². The number of halogens is 2. The van der Waals surface area contributed by atoms with Crippen LogP contribution in [0.15, 0.2) is 48.5 Å². The number of hydrogen-bond acceptors (Lipinski definition) is 2. The molecule has 134 valence electrons. The van der Waals surface area contributed by atoms with Crippen LogP contribution in [0.2, 0.25) is 10.0 Å². The molecular weight excluding hydrogens is 371 g/mol. The molecule has 0 saturated heterocycles. The number of carbonyl (C=O) groups is 1. The van der Waals surface area contributed by atoms with E-state index < -0.39 is 5.97 Å². The first-order valence-electron chi connectivity index (χ1n) is 8.34. The third-order valence-electron chi connectivity index (χ3n) is 4.23. The van der Waals surface area contributed by atoms with E-state index in [-0.39, 0.29) is 5.56 Å². The fourth-order valence-electron chi connectivity index (χ4n) is 3.01. The molecule has 6 heteroatoms. The molecule has 0 saturated carbocycles. The molecule has 3 aromatic rings. The van der Waals surface area contributed by atoms with Crippen molar-refractivity contribution in [3.8, 4) is 5.69 Å². The highest BCUT2D eigenvalue weighted by Crippen LogP contribution is 2.28. The van der Waals surface area contributed by atoms with Crippen LogP contribution in [-0.2, 0) is 19.3 Å². The van der Waals surface area contributed by atoms with Gasteiger partial charge in [-0.05, 0) is 43.0 Å². The molecule has 0 fully saturated rings. The van der Waals surface area contributed by atoms with Gasteiger partial charge in [-0.25, -0.2) is 9.48 Å². The zero-order chi connectivity index (χ0) is 18.7. The van der Waals surface area contributed by atoms with E-state index in [1.165, 1.54) is 0 Å². The van der Waals surface area contributed by atoms with Crippen LogP contribution in [0.3, 0.4) is 0 Å². The summed E-state index contributed by atoms with van der Waals surface area (Å²) in [6.07, 6.45) is 1.76. The third-order valence-corrected chi connectivity index (χ3v) is 4.79. The standard InChI is InChI=1S/C20H18Cl2N2O2/c1-2-17-19(20(25)26)16(11-8-13-6-4-3-5-7-13)23-24(17)18-12-14(21)9-10-15(18)22/h3-7,9-10,12H,2,8,11H2,1H3,(H,25,26). The van der Waals surface area contributed by atoms with Crippen LogP contribution in [0, 0.1) is 0 Å². The molecule has 0 aliphatic heterocycles. The number of aromatic nitrogens is 2. The lowest BCUT2D eigenvalue weighted by Gasteiger charge is -2.09. The zero-order valence-electron chi connectivity index (χ0n) is 14.2. The number of benzene rings is 2. The summed E-state index contributed by atoms with van der Waals surface area (Å²) < 4.78 is 1.61. The molecule has 0 aliphatic carbocycles. The largest absolute Gasteiger partial charge is 0.478 e. The van der Waals surface area contributed by atoms with Crippen molar-refractivity contribution in [1.29, 1.82) is 0 Å². The summed E-state index contributed by atoms with van der Waals surface area (Å²) in [6, 6.07) is 15.0. The number of nitrogens with zero attached hydrogens (tertiary/aromatic N) is 2. The SMILES string of the molecule is CCc1c(C(=O)O)c(CCc2ccccc2)nn1-c1cc(Cl)ccc1Cl. The Kier molecular flexibility index (Phi) is 5.64. The lowest BCUT2D eigenvalue weighted by atomic mass is 10.0. The van der Waals surface area contributed by atoms with E-state index in [9.17, 15) is 9.90 Å².